The van der Waals surface area contributed by atoms with Crippen molar-refractivity contribution >= 4 is 110 Å². The van der Waals surface area contributed by atoms with Crippen LogP contribution in [0.3, 0.4) is 0 Å². The highest BCUT2D eigenvalue weighted by atomic mass is 79.9. The molecule has 0 fully saturated rings. The van der Waals surface area contributed by atoms with Crippen molar-refractivity contribution in [2.24, 2.45) is 0 Å². The van der Waals surface area contributed by atoms with Crippen molar-refractivity contribution in [2.75, 3.05) is 54.0 Å². The lowest BCUT2D eigenvalue weighted by Crippen LogP contribution is -2.38. The summed E-state index contributed by atoms with van der Waals surface area (Å²) in [5.41, 5.74) is 7.07. The van der Waals surface area contributed by atoms with E-state index >= 15 is 0 Å². The maximum absolute atomic E-state index is 13.0. The fraction of sp³-hybridized carbons (Fsp3) is 0.221. The van der Waals surface area contributed by atoms with E-state index in [9.17, 15) is 22.8 Å². The third kappa shape index (κ3) is 19.2. The number of carbonyl (C=O) groups excluding carboxylic acids is 2. The Morgan fingerprint density at radius 2 is 0.923 bits per heavy atom. The van der Waals surface area contributed by atoms with Crippen LogP contribution in [0.15, 0.2) is 183 Å². The summed E-state index contributed by atoms with van der Waals surface area (Å²) >= 11 is 7.75. The SMILES string of the molecule is C.CC(C)(C)OC(=O)N(CCF)c1ccc(-c2ccc3cc(-c4cccnc4)sc3n2)cn1.CC(C)(C)OC(=O)Nc1ccc(-c2ccc3cc(-c4cccnc4)sc3n2)cn1.FCCBr.FCCNc1ccc(-c2ccc3cc(-c4cccnc4)sc3n2)cn1. The number of nitrogens with one attached hydrogen (secondary N) is 2. The monoisotopic (exact) mass is 1350 g/mol. The molecule has 12 aromatic heterocycles. The fourth-order valence-electron chi connectivity index (χ4n) is 8.44. The highest BCUT2D eigenvalue weighted by Crippen LogP contribution is 2.37. The van der Waals surface area contributed by atoms with Crippen LogP contribution in [0, 0.1) is 0 Å². The van der Waals surface area contributed by atoms with Crippen LogP contribution in [-0.2, 0) is 9.47 Å². The second kappa shape index (κ2) is 32.0. The Balaban J connectivity index is 0.000000171. The Hall–Kier alpha value is -9.16. The predicted octanol–water partition coefficient (Wildman–Crippen LogP) is 18.7. The van der Waals surface area contributed by atoms with E-state index in [1.54, 1.807) is 104 Å². The number of carbonyl (C=O) groups is 2. The van der Waals surface area contributed by atoms with E-state index in [0.29, 0.717) is 22.8 Å². The van der Waals surface area contributed by atoms with Gasteiger partial charge in [0.1, 0.15) is 56.5 Å². The molecule has 91 heavy (non-hydrogen) atoms. The number of aromatic nitrogens is 9. The minimum Gasteiger partial charge on any atom is -0.444 e. The van der Waals surface area contributed by atoms with Gasteiger partial charge in [0, 0.05) is 132 Å². The molecule has 0 radical (unpaired) electrons. The summed E-state index contributed by atoms with van der Waals surface area (Å²) in [6.45, 7) is 9.50. The number of amides is 2. The first kappa shape index (κ1) is 67.8. The van der Waals surface area contributed by atoms with E-state index in [1.165, 1.54) is 4.90 Å². The van der Waals surface area contributed by atoms with Crippen LogP contribution in [0.1, 0.15) is 49.0 Å². The van der Waals surface area contributed by atoms with Gasteiger partial charge in [0.15, 0.2) is 0 Å². The molecular formula is C68H66BrF3N12O4S3. The largest absolute Gasteiger partial charge is 0.444 e. The van der Waals surface area contributed by atoms with Gasteiger partial charge in [0.25, 0.3) is 0 Å². The average molecular weight is 1350 g/mol. The lowest BCUT2D eigenvalue weighted by Gasteiger charge is -2.26. The van der Waals surface area contributed by atoms with Gasteiger partial charge in [0.05, 0.1) is 30.3 Å². The van der Waals surface area contributed by atoms with Gasteiger partial charge in [0.2, 0.25) is 0 Å². The van der Waals surface area contributed by atoms with Gasteiger partial charge in [-0.3, -0.25) is 29.6 Å². The van der Waals surface area contributed by atoms with Gasteiger partial charge in [-0.1, -0.05) is 41.6 Å². The highest BCUT2D eigenvalue weighted by molar-refractivity contribution is 9.09. The number of anilines is 3. The van der Waals surface area contributed by atoms with Crippen molar-refractivity contribution in [1.82, 2.24) is 44.9 Å². The number of halogens is 4. The van der Waals surface area contributed by atoms with Gasteiger partial charge >= 0.3 is 12.2 Å². The molecule has 0 bridgehead atoms. The molecule has 2 N–H and O–H groups in total. The molecule has 0 saturated carbocycles. The van der Waals surface area contributed by atoms with Crippen LogP contribution >= 0.6 is 49.9 Å². The lowest BCUT2D eigenvalue weighted by molar-refractivity contribution is 0.0574. The molecule has 2 amide bonds. The summed E-state index contributed by atoms with van der Waals surface area (Å²) in [7, 11) is 0. The summed E-state index contributed by atoms with van der Waals surface area (Å²) in [6, 6.07) is 41.2. The minimum atomic E-state index is -0.696. The number of fused-ring (bicyclic) bond motifs is 3. The number of hydrogen-bond donors (Lipinski definition) is 2. The molecule has 0 saturated heterocycles. The standard InChI is InChI=1S/C24H23FN4O2S.C22H20N4O2S.C19H15FN4S.C2H4BrF.CH4/c1-24(2,3)31-23(30)29(12-10-25)21-9-7-17(15-27-21)19-8-6-16-13-20(32-22(16)28-19)18-5-4-11-26-14-18;1-22(2,3)28-21(27)26-19-9-7-15(13-24-19)17-8-6-14-11-18(29-20(14)25-17)16-5-4-10-23-12-16;20-7-9-22-18-6-4-14(12-23-18)16-5-3-13-10-17(25-19(13)24-16)15-2-1-8-21-11-15;3-1-2-4;/h4-9,11,13-15H,10,12H2,1-3H3;4-13H,1-3H3,(H,24,26,27);1-6,8,10-12H,7,9H2,(H,22,23);1-2H2;1H4. The summed E-state index contributed by atoms with van der Waals surface area (Å²) in [4.78, 5) is 71.6. The quantitative estimate of drug-likeness (QED) is 0.0976. The third-order valence-corrected chi connectivity index (χ3v) is 16.0. The van der Waals surface area contributed by atoms with Crippen molar-refractivity contribution in [2.45, 2.75) is 60.2 Å². The lowest BCUT2D eigenvalue weighted by atomic mass is 10.1. The maximum Gasteiger partial charge on any atom is 0.416 e. The van der Waals surface area contributed by atoms with Crippen LogP contribution in [0.2, 0.25) is 0 Å². The fourth-order valence-corrected chi connectivity index (χ4v) is 11.5. The molecular weight excluding hydrogens is 1280 g/mol. The van der Waals surface area contributed by atoms with E-state index < -0.39 is 36.7 Å². The average Bonchev–Trinajstić information content (AvgIpc) is 1.86. The summed E-state index contributed by atoms with van der Waals surface area (Å²) in [5, 5.41) is 9.27. The van der Waals surface area contributed by atoms with Crippen LogP contribution in [0.4, 0.5) is 40.2 Å². The number of thiophene rings is 3. The number of alkyl halides is 4. The van der Waals surface area contributed by atoms with Crippen LogP contribution < -0.4 is 15.5 Å². The Bertz CT molecular complexity index is 4270. The normalized spacial score (nSPS) is 11.0. The van der Waals surface area contributed by atoms with Gasteiger partial charge in [-0.25, -0.2) is 48.3 Å². The summed E-state index contributed by atoms with van der Waals surface area (Å²) < 4.78 is 46.5. The minimum absolute atomic E-state index is 0. The van der Waals surface area contributed by atoms with Crippen LogP contribution in [0.5, 0.6) is 0 Å². The first-order valence-corrected chi connectivity index (χ1v) is 31.8. The molecule has 23 heteroatoms. The Kier molecular flexibility index (Phi) is 23.9. The zero-order valence-corrected chi connectivity index (χ0v) is 53.9. The summed E-state index contributed by atoms with van der Waals surface area (Å²) in [6.07, 6.45) is 14.8. The Morgan fingerprint density at radius 1 is 0.505 bits per heavy atom. The molecule has 0 aliphatic carbocycles. The van der Waals surface area contributed by atoms with E-state index in [0.717, 1.165) is 95.7 Å². The molecule has 0 aromatic carbocycles. The molecule has 12 heterocycles. The van der Waals surface area contributed by atoms with Crippen molar-refractivity contribution in [3.05, 3.63) is 183 Å². The predicted molar refractivity (Wildman–Crippen MR) is 369 cm³/mol. The summed E-state index contributed by atoms with van der Waals surface area (Å²) in [5.74, 6) is 1.42. The molecule has 0 spiro atoms. The number of nitrogens with zero attached hydrogens (tertiary/aromatic N) is 10. The van der Waals surface area contributed by atoms with Crippen molar-refractivity contribution in [3.63, 3.8) is 0 Å². The molecule has 0 unspecified atom stereocenters. The molecule has 16 nitrogen and oxygen atoms in total. The zero-order chi connectivity index (χ0) is 63.6. The van der Waals surface area contributed by atoms with Crippen molar-refractivity contribution < 1.29 is 32.2 Å². The van der Waals surface area contributed by atoms with E-state index in [2.05, 4.69) is 86.8 Å². The number of rotatable bonds is 14. The zero-order valence-electron chi connectivity index (χ0n) is 49.9. The van der Waals surface area contributed by atoms with Crippen molar-refractivity contribution in [1.29, 1.82) is 0 Å². The number of hydrogen-bond acceptors (Lipinski definition) is 17. The molecule has 12 aromatic rings. The van der Waals surface area contributed by atoms with Gasteiger partial charge < -0.3 is 14.8 Å². The first-order chi connectivity index (χ1) is 43.5. The molecule has 0 aliphatic rings. The second-order valence-corrected chi connectivity index (χ2v) is 25.4. The molecule has 468 valence electrons. The Labute approximate surface area is 546 Å². The van der Waals surface area contributed by atoms with Gasteiger partial charge in [-0.05, 0) is 151 Å². The third-order valence-electron chi connectivity index (χ3n) is 12.4. The number of ether oxygens (including phenoxy) is 2. The van der Waals surface area contributed by atoms with Gasteiger partial charge in [-0.15, -0.1) is 34.0 Å². The van der Waals surface area contributed by atoms with Crippen LogP contribution in [0.25, 0.3) is 95.7 Å². The molecule has 0 aliphatic heterocycles. The molecule has 0 atom stereocenters. The van der Waals surface area contributed by atoms with Crippen molar-refractivity contribution in [3.8, 4) is 65.1 Å². The number of pyridine rings is 9. The van der Waals surface area contributed by atoms with E-state index in [-0.39, 0.29) is 27.2 Å². The second-order valence-electron chi connectivity index (χ2n) is 21.5. The molecule has 12 rings (SSSR count). The Morgan fingerprint density at radius 3 is 1.26 bits per heavy atom. The maximum atomic E-state index is 13.0. The topological polar surface area (TPSA) is 196 Å². The van der Waals surface area contributed by atoms with Crippen LogP contribution in [-0.4, -0.2) is 107 Å². The van der Waals surface area contributed by atoms with E-state index in [4.69, 9.17) is 24.4 Å². The van der Waals surface area contributed by atoms with Gasteiger partial charge in [-0.2, -0.15) is 0 Å². The first-order valence-electron chi connectivity index (χ1n) is 28.3. The highest BCUT2D eigenvalue weighted by Gasteiger charge is 2.25. The smallest absolute Gasteiger partial charge is 0.416 e. The van der Waals surface area contributed by atoms with E-state index in [1.807, 2.05) is 124 Å².